The molecule has 0 radical (unpaired) electrons. The Labute approximate surface area is 132 Å². The maximum Gasteiger partial charge on any atom is 0.433 e. The van der Waals surface area contributed by atoms with Crippen LogP contribution in [0.15, 0.2) is 16.7 Å². The first-order valence-electron chi connectivity index (χ1n) is 6.33. The largest absolute Gasteiger partial charge is 0.433 e. The number of aryl methyl sites for hydroxylation is 2. The van der Waals surface area contributed by atoms with Crippen molar-refractivity contribution in [2.75, 3.05) is 0 Å². The molecule has 10 heteroatoms. The number of amides is 1. The Morgan fingerprint density at radius 3 is 2.59 bits per heavy atom. The van der Waals surface area contributed by atoms with Gasteiger partial charge in [0, 0.05) is 25.9 Å². The van der Waals surface area contributed by atoms with Gasteiger partial charge in [-0.05, 0) is 22.9 Å². The van der Waals surface area contributed by atoms with E-state index in [2.05, 4.69) is 31.4 Å². The second kappa shape index (κ2) is 6.11. The van der Waals surface area contributed by atoms with Crippen molar-refractivity contribution in [3.05, 3.63) is 33.8 Å². The van der Waals surface area contributed by atoms with Gasteiger partial charge in [-0.25, -0.2) is 0 Å². The van der Waals surface area contributed by atoms with Crippen molar-refractivity contribution in [3.63, 3.8) is 0 Å². The predicted octanol–water partition coefficient (Wildman–Crippen LogP) is 2.35. The number of nitrogens with zero attached hydrogens (tertiary/aromatic N) is 4. The molecule has 1 N–H and O–H groups in total. The minimum Gasteiger partial charge on any atom is -0.345 e. The normalized spacial score (nSPS) is 11.7. The maximum absolute atomic E-state index is 12.7. The molecule has 2 rings (SSSR count). The molecule has 0 aliphatic rings. The number of nitrogens with one attached hydrogen (secondary N) is 1. The molecule has 0 unspecified atom stereocenters. The van der Waals surface area contributed by atoms with Gasteiger partial charge in [-0.15, -0.1) is 0 Å². The summed E-state index contributed by atoms with van der Waals surface area (Å²) in [6.07, 6.45) is -2.80. The molecule has 0 fully saturated rings. The van der Waals surface area contributed by atoms with E-state index in [4.69, 9.17) is 0 Å². The van der Waals surface area contributed by atoms with Crippen LogP contribution in [0.2, 0.25) is 0 Å². The lowest BCUT2D eigenvalue weighted by molar-refractivity contribution is -0.143. The highest BCUT2D eigenvalue weighted by Gasteiger charge is 2.35. The zero-order valence-corrected chi connectivity index (χ0v) is 13.4. The molecule has 1 amide bonds. The number of halogens is 4. The van der Waals surface area contributed by atoms with Gasteiger partial charge in [0.2, 0.25) is 0 Å². The van der Waals surface area contributed by atoms with Crippen LogP contribution < -0.4 is 5.32 Å². The lowest BCUT2D eigenvalue weighted by atomic mass is 10.3. The molecule has 0 aliphatic heterocycles. The van der Waals surface area contributed by atoms with Crippen molar-refractivity contribution in [1.82, 2.24) is 24.9 Å². The van der Waals surface area contributed by atoms with Crippen LogP contribution in [-0.4, -0.2) is 25.5 Å². The van der Waals surface area contributed by atoms with Gasteiger partial charge in [-0.1, -0.05) is 0 Å². The van der Waals surface area contributed by atoms with Crippen molar-refractivity contribution < 1.29 is 18.0 Å². The van der Waals surface area contributed by atoms with Crippen LogP contribution in [0, 0.1) is 0 Å². The van der Waals surface area contributed by atoms with E-state index in [1.807, 2.05) is 6.92 Å². The van der Waals surface area contributed by atoms with Crippen LogP contribution in [0.5, 0.6) is 0 Å². The van der Waals surface area contributed by atoms with E-state index < -0.39 is 17.8 Å². The lowest BCUT2D eigenvalue weighted by Gasteiger charge is -2.04. The van der Waals surface area contributed by atoms with Gasteiger partial charge in [0.15, 0.2) is 5.69 Å². The average Bonchev–Trinajstić information content (AvgIpc) is 2.99. The molecule has 0 aromatic carbocycles. The van der Waals surface area contributed by atoms with Gasteiger partial charge in [0.05, 0.1) is 16.7 Å². The summed E-state index contributed by atoms with van der Waals surface area (Å²) in [5.74, 6) is -0.691. The molecule has 0 bridgehead atoms. The van der Waals surface area contributed by atoms with Gasteiger partial charge in [-0.3, -0.25) is 14.2 Å². The molecule has 0 saturated carbocycles. The van der Waals surface area contributed by atoms with E-state index in [0.717, 1.165) is 13.1 Å². The van der Waals surface area contributed by atoms with Gasteiger partial charge >= 0.3 is 6.18 Å². The smallest absolute Gasteiger partial charge is 0.345 e. The molecule has 0 spiro atoms. The topological polar surface area (TPSA) is 64.7 Å². The number of carbonyl (C=O) groups excluding carboxylic acids is 1. The van der Waals surface area contributed by atoms with Crippen LogP contribution >= 0.6 is 15.9 Å². The van der Waals surface area contributed by atoms with E-state index >= 15 is 0 Å². The summed E-state index contributed by atoms with van der Waals surface area (Å²) in [6.45, 7) is 2.67. The second-order valence-electron chi connectivity index (χ2n) is 4.50. The zero-order chi connectivity index (χ0) is 16.5. The second-order valence-corrected chi connectivity index (χ2v) is 5.35. The highest BCUT2D eigenvalue weighted by Crippen LogP contribution is 2.29. The predicted molar refractivity (Wildman–Crippen MR) is 75.0 cm³/mol. The minimum atomic E-state index is -4.55. The van der Waals surface area contributed by atoms with Crippen LogP contribution in [0.1, 0.15) is 28.8 Å². The van der Waals surface area contributed by atoms with Crippen molar-refractivity contribution in [3.8, 4) is 0 Å². The Morgan fingerprint density at radius 2 is 2.09 bits per heavy atom. The number of hydrogen-bond donors (Lipinski definition) is 1. The first-order chi connectivity index (χ1) is 10.2. The van der Waals surface area contributed by atoms with Crippen LogP contribution in [0.4, 0.5) is 13.2 Å². The Bertz CT molecular complexity index is 691. The van der Waals surface area contributed by atoms with Crippen LogP contribution in [-0.2, 0) is 26.3 Å². The third-order valence-corrected chi connectivity index (χ3v) is 3.59. The van der Waals surface area contributed by atoms with Gasteiger partial charge in [0.25, 0.3) is 5.91 Å². The summed E-state index contributed by atoms with van der Waals surface area (Å²) >= 11 is 3.30. The molecule has 2 aromatic rings. The van der Waals surface area contributed by atoms with E-state index in [1.165, 1.54) is 0 Å². The molecule has 120 valence electrons. The third kappa shape index (κ3) is 3.49. The molecule has 0 saturated heterocycles. The van der Waals surface area contributed by atoms with Gasteiger partial charge < -0.3 is 5.32 Å². The van der Waals surface area contributed by atoms with Gasteiger partial charge in [-0.2, -0.15) is 23.4 Å². The third-order valence-electron chi connectivity index (χ3n) is 2.93. The van der Waals surface area contributed by atoms with Crippen molar-refractivity contribution in [1.29, 1.82) is 0 Å². The molecule has 22 heavy (non-hydrogen) atoms. The van der Waals surface area contributed by atoms with E-state index in [0.29, 0.717) is 21.4 Å². The maximum atomic E-state index is 12.7. The Kier molecular flexibility index (Phi) is 4.59. The van der Waals surface area contributed by atoms with E-state index in [-0.39, 0.29) is 12.2 Å². The van der Waals surface area contributed by atoms with Gasteiger partial charge in [0.1, 0.15) is 5.69 Å². The molecule has 0 aliphatic carbocycles. The van der Waals surface area contributed by atoms with E-state index in [9.17, 15) is 18.0 Å². The molecular formula is C12H13BrF3N5O. The van der Waals surface area contributed by atoms with Crippen molar-refractivity contribution in [2.24, 2.45) is 7.05 Å². The Morgan fingerprint density at radius 1 is 1.41 bits per heavy atom. The SMILES string of the molecule is CCn1cc(Br)c(CNC(=O)c2cc(C(F)(F)F)n(C)n2)n1. The molecule has 6 nitrogen and oxygen atoms in total. The molecular weight excluding hydrogens is 367 g/mol. The summed E-state index contributed by atoms with van der Waals surface area (Å²) in [5, 5.41) is 10.3. The fourth-order valence-corrected chi connectivity index (χ4v) is 2.27. The molecule has 0 atom stereocenters. The lowest BCUT2D eigenvalue weighted by Crippen LogP contribution is -2.24. The molecule has 2 heterocycles. The summed E-state index contributed by atoms with van der Waals surface area (Å²) in [7, 11) is 1.14. The highest BCUT2D eigenvalue weighted by molar-refractivity contribution is 9.10. The van der Waals surface area contributed by atoms with Crippen molar-refractivity contribution in [2.45, 2.75) is 26.2 Å². The Balaban J connectivity index is 2.08. The monoisotopic (exact) mass is 379 g/mol. The fourth-order valence-electron chi connectivity index (χ4n) is 1.82. The van der Waals surface area contributed by atoms with Crippen molar-refractivity contribution >= 4 is 21.8 Å². The fraction of sp³-hybridized carbons (Fsp3) is 0.417. The number of aromatic nitrogens is 4. The summed E-state index contributed by atoms with van der Waals surface area (Å²) in [4.78, 5) is 11.9. The van der Waals surface area contributed by atoms with Crippen LogP contribution in [0.3, 0.4) is 0 Å². The van der Waals surface area contributed by atoms with Crippen LogP contribution in [0.25, 0.3) is 0 Å². The average molecular weight is 380 g/mol. The standard InChI is InChI=1S/C12H13BrF3N5O/c1-3-21-6-7(13)9(19-21)5-17-11(22)8-4-10(12(14,15)16)20(2)18-8/h4,6H,3,5H2,1-2H3,(H,17,22). The molecule has 2 aromatic heterocycles. The minimum absolute atomic E-state index is 0.0876. The highest BCUT2D eigenvalue weighted by atomic mass is 79.9. The number of hydrogen-bond acceptors (Lipinski definition) is 3. The number of carbonyl (C=O) groups is 1. The summed E-state index contributed by atoms with van der Waals surface area (Å²) in [5.41, 5.74) is -0.683. The quantitative estimate of drug-likeness (QED) is 0.886. The zero-order valence-electron chi connectivity index (χ0n) is 11.8. The first kappa shape index (κ1) is 16.5. The van der Waals surface area contributed by atoms with E-state index in [1.54, 1.807) is 10.9 Å². The summed E-state index contributed by atoms with van der Waals surface area (Å²) < 4.78 is 41.0. The summed E-state index contributed by atoms with van der Waals surface area (Å²) in [6, 6.07) is 0.717. The number of alkyl halides is 3. The Hall–Kier alpha value is -1.84. The number of rotatable bonds is 4. The first-order valence-corrected chi connectivity index (χ1v) is 7.13.